The highest BCUT2D eigenvalue weighted by Crippen LogP contribution is 2.19. The van der Waals surface area contributed by atoms with Gasteiger partial charge in [-0.25, -0.2) is 8.42 Å². The average Bonchev–Trinajstić information content (AvgIpc) is 2.28. The topological polar surface area (TPSA) is 55.4 Å². The lowest BCUT2D eigenvalue weighted by Gasteiger charge is -2.26. The van der Waals surface area contributed by atoms with E-state index in [0.29, 0.717) is 17.9 Å². The lowest BCUT2D eigenvalue weighted by molar-refractivity contribution is 0.158. The number of ether oxygens (including phenoxy) is 1. The third kappa shape index (κ3) is 4.84. The largest absolute Gasteiger partial charge is 0.382 e. The first-order chi connectivity index (χ1) is 8.80. The molecule has 0 radical (unpaired) electrons. The van der Waals surface area contributed by atoms with Crippen molar-refractivity contribution >= 4 is 15.5 Å². The zero-order chi connectivity index (χ0) is 14.5. The van der Waals surface area contributed by atoms with Gasteiger partial charge in [-0.2, -0.15) is 0 Å². The first-order valence-electron chi connectivity index (χ1n) is 6.41. The molecule has 4 nitrogen and oxygen atoms in total. The minimum atomic E-state index is -3.13. The van der Waals surface area contributed by atoms with Crippen molar-refractivity contribution in [3.05, 3.63) is 24.3 Å². The van der Waals surface area contributed by atoms with Gasteiger partial charge in [-0.3, -0.25) is 0 Å². The molecule has 0 aliphatic rings. The van der Waals surface area contributed by atoms with Gasteiger partial charge in [0.25, 0.3) is 0 Å². The Morgan fingerprint density at radius 2 is 1.79 bits per heavy atom. The van der Waals surface area contributed by atoms with Crippen LogP contribution in [0.1, 0.15) is 27.2 Å². The van der Waals surface area contributed by atoms with E-state index in [1.807, 2.05) is 20.8 Å². The second-order valence-electron chi connectivity index (χ2n) is 5.29. The minimum Gasteiger partial charge on any atom is -0.382 e. The Labute approximate surface area is 116 Å². The van der Waals surface area contributed by atoms with Crippen LogP contribution in [-0.4, -0.2) is 33.4 Å². The zero-order valence-electron chi connectivity index (χ0n) is 12.1. The summed E-state index contributed by atoms with van der Waals surface area (Å²) in [5, 5.41) is 3.31. The van der Waals surface area contributed by atoms with Crippen molar-refractivity contribution < 1.29 is 13.2 Å². The maximum atomic E-state index is 11.9. The van der Waals surface area contributed by atoms with E-state index in [2.05, 4.69) is 5.32 Å². The number of rotatable bonds is 7. The average molecular weight is 285 g/mol. The van der Waals surface area contributed by atoms with Crippen molar-refractivity contribution in [1.29, 1.82) is 0 Å². The first kappa shape index (κ1) is 16.0. The van der Waals surface area contributed by atoms with Crippen LogP contribution in [0.5, 0.6) is 0 Å². The summed E-state index contributed by atoms with van der Waals surface area (Å²) in [4.78, 5) is 0.379. The van der Waals surface area contributed by atoms with Crippen LogP contribution in [0.15, 0.2) is 29.2 Å². The lowest BCUT2D eigenvalue weighted by Crippen LogP contribution is -2.35. The summed E-state index contributed by atoms with van der Waals surface area (Å²) in [5.41, 5.74) is 0.691. The van der Waals surface area contributed by atoms with E-state index < -0.39 is 9.84 Å². The van der Waals surface area contributed by atoms with E-state index in [0.717, 1.165) is 5.69 Å². The maximum absolute atomic E-state index is 11.9. The van der Waals surface area contributed by atoms with E-state index in [1.54, 1.807) is 31.4 Å². The first-order valence-corrected chi connectivity index (χ1v) is 8.06. The Morgan fingerprint density at radius 3 is 2.26 bits per heavy atom. The molecule has 0 aliphatic heterocycles. The van der Waals surface area contributed by atoms with E-state index in [9.17, 15) is 8.42 Å². The standard InChI is InChI=1S/C14H23NO3S/c1-5-10-19(16,17)13-8-6-12(7-9-13)15-14(2,3)11-18-4/h6-9,15H,5,10-11H2,1-4H3. The van der Waals surface area contributed by atoms with Gasteiger partial charge in [-0.05, 0) is 44.5 Å². The number of hydrogen-bond donors (Lipinski definition) is 1. The SMILES string of the molecule is CCCS(=O)(=O)c1ccc(NC(C)(C)COC)cc1. The Bertz CT molecular complexity index is 492. The molecule has 19 heavy (non-hydrogen) atoms. The quantitative estimate of drug-likeness (QED) is 0.837. The predicted octanol–water partition coefficient (Wildman–Crippen LogP) is 2.71. The van der Waals surface area contributed by atoms with Crippen molar-refractivity contribution in [2.45, 2.75) is 37.6 Å². The molecule has 0 heterocycles. The van der Waals surface area contributed by atoms with Gasteiger partial charge in [0.05, 0.1) is 22.8 Å². The molecule has 0 fully saturated rings. The van der Waals surface area contributed by atoms with Crippen LogP contribution in [0.2, 0.25) is 0 Å². The maximum Gasteiger partial charge on any atom is 0.178 e. The number of sulfone groups is 1. The van der Waals surface area contributed by atoms with Crippen LogP contribution in [0.3, 0.4) is 0 Å². The molecular formula is C14H23NO3S. The highest BCUT2D eigenvalue weighted by atomic mass is 32.2. The van der Waals surface area contributed by atoms with E-state index in [-0.39, 0.29) is 11.3 Å². The van der Waals surface area contributed by atoms with Gasteiger partial charge >= 0.3 is 0 Å². The van der Waals surface area contributed by atoms with Crippen molar-refractivity contribution in [1.82, 2.24) is 0 Å². The van der Waals surface area contributed by atoms with E-state index in [1.165, 1.54) is 0 Å². The highest BCUT2D eigenvalue weighted by Gasteiger charge is 2.18. The molecule has 108 valence electrons. The molecule has 0 amide bonds. The Balaban J connectivity index is 2.83. The predicted molar refractivity (Wildman–Crippen MR) is 78.4 cm³/mol. The smallest absolute Gasteiger partial charge is 0.178 e. The number of methoxy groups -OCH3 is 1. The Hall–Kier alpha value is -1.07. The van der Waals surface area contributed by atoms with Crippen LogP contribution in [-0.2, 0) is 14.6 Å². The molecule has 0 bridgehead atoms. The van der Waals surface area contributed by atoms with E-state index in [4.69, 9.17) is 4.74 Å². The summed E-state index contributed by atoms with van der Waals surface area (Å²) in [6.07, 6.45) is 0.628. The number of hydrogen-bond acceptors (Lipinski definition) is 4. The van der Waals surface area contributed by atoms with Gasteiger partial charge in [0.1, 0.15) is 0 Å². The summed E-state index contributed by atoms with van der Waals surface area (Å²) in [6.45, 7) is 6.49. The minimum absolute atomic E-state index is 0.189. The molecule has 1 rings (SSSR count). The molecule has 0 spiro atoms. The van der Waals surface area contributed by atoms with Crippen LogP contribution >= 0.6 is 0 Å². The van der Waals surface area contributed by atoms with Gasteiger partial charge < -0.3 is 10.1 Å². The second-order valence-corrected chi connectivity index (χ2v) is 7.39. The summed E-state index contributed by atoms with van der Waals surface area (Å²) >= 11 is 0. The van der Waals surface area contributed by atoms with Crippen molar-refractivity contribution in [2.24, 2.45) is 0 Å². The van der Waals surface area contributed by atoms with Gasteiger partial charge in [-0.1, -0.05) is 6.92 Å². The molecule has 1 N–H and O–H groups in total. The van der Waals surface area contributed by atoms with Crippen molar-refractivity contribution in [2.75, 3.05) is 24.8 Å². The lowest BCUT2D eigenvalue weighted by atomic mass is 10.1. The molecule has 1 aromatic carbocycles. The molecule has 0 unspecified atom stereocenters. The summed E-state index contributed by atoms with van der Waals surface area (Å²) < 4.78 is 28.9. The molecular weight excluding hydrogens is 262 g/mol. The number of anilines is 1. The fourth-order valence-electron chi connectivity index (χ4n) is 1.92. The van der Waals surface area contributed by atoms with E-state index >= 15 is 0 Å². The number of nitrogens with one attached hydrogen (secondary N) is 1. The van der Waals surface area contributed by atoms with Crippen LogP contribution < -0.4 is 5.32 Å². The van der Waals surface area contributed by atoms with Crippen LogP contribution in [0.25, 0.3) is 0 Å². The van der Waals surface area contributed by atoms with Gasteiger partial charge in [0.15, 0.2) is 9.84 Å². The monoisotopic (exact) mass is 285 g/mol. The molecule has 1 aromatic rings. The Kier molecular flexibility index (Phi) is 5.38. The Morgan fingerprint density at radius 1 is 1.21 bits per heavy atom. The molecule has 0 aromatic heterocycles. The van der Waals surface area contributed by atoms with Gasteiger partial charge in [0.2, 0.25) is 0 Å². The highest BCUT2D eigenvalue weighted by molar-refractivity contribution is 7.91. The molecule has 0 saturated carbocycles. The molecule has 0 aliphatic carbocycles. The number of benzene rings is 1. The van der Waals surface area contributed by atoms with Crippen LogP contribution in [0, 0.1) is 0 Å². The summed E-state index contributed by atoms with van der Waals surface area (Å²) in [6, 6.07) is 6.88. The van der Waals surface area contributed by atoms with Crippen molar-refractivity contribution in [3.63, 3.8) is 0 Å². The zero-order valence-corrected chi connectivity index (χ0v) is 12.9. The summed E-state index contributed by atoms with van der Waals surface area (Å²) in [5.74, 6) is 0.189. The van der Waals surface area contributed by atoms with Gasteiger partial charge in [0, 0.05) is 12.8 Å². The third-order valence-corrected chi connectivity index (χ3v) is 4.61. The molecule has 0 saturated heterocycles. The second kappa shape index (κ2) is 6.39. The molecule has 0 atom stereocenters. The summed E-state index contributed by atoms with van der Waals surface area (Å²) in [7, 11) is -1.48. The third-order valence-electron chi connectivity index (χ3n) is 2.67. The molecule has 5 heteroatoms. The normalized spacial score (nSPS) is 12.4. The fraction of sp³-hybridized carbons (Fsp3) is 0.571. The van der Waals surface area contributed by atoms with Crippen LogP contribution in [0.4, 0.5) is 5.69 Å². The van der Waals surface area contributed by atoms with Crippen molar-refractivity contribution in [3.8, 4) is 0 Å². The fourth-order valence-corrected chi connectivity index (χ4v) is 3.24. The van der Waals surface area contributed by atoms with Gasteiger partial charge in [-0.15, -0.1) is 0 Å².